The van der Waals surface area contributed by atoms with E-state index < -0.39 is 0 Å². The lowest BCUT2D eigenvalue weighted by atomic mass is 9.81. The first-order chi connectivity index (χ1) is 21.1. The molecule has 12 heteroatoms. The Labute approximate surface area is 288 Å². The molecular formula is C32H28Br4N2O6. The highest BCUT2D eigenvalue weighted by molar-refractivity contribution is 9.12. The zero-order chi connectivity index (χ0) is 30.9. The summed E-state index contributed by atoms with van der Waals surface area (Å²) in [4.78, 5) is 57.9. The number of benzene rings is 2. The van der Waals surface area contributed by atoms with Crippen molar-refractivity contribution in [2.75, 3.05) is 24.0 Å². The number of alkyl halides is 4. The third kappa shape index (κ3) is 3.77. The van der Waals surface area contributed by atoms with Crippen molar-refractivity contribution >= 4 is 98.7 Å². The summed E-state index contributed by atoms with van der Waals surface area (Å²) in [6.07, 6.45) is 1.73. The maximum atomic E-state index is 13.6. The van der Waals surface area contributed by atoms with Crippen molar-refractivity contribution in [2.24, 2.45) is 47.3 Å². The summed E-state index contributed by atoms with van der Waals surface area (Å²) in [6.45, 7) is 0. The molecule has 12 atom stereocenters. The molecule has 4 bridgehead atoms. The van der Waals surface area contributed by atoms with Gasteiger partial charge in [0.05, 0.1) is 49.3 Å². The molecule has 6 aliphatic rings. The summed E-state index contributed by atoms with van der Waals surface area (Å²) in [5.74, 6) is -0.624. The van der Waals surface area contributed by atoms with E-state index in [-0.39, 0.29) is 90.3 Å². The molecule has 8 nitrogen and oxygen atoms in total. The normalized spacial score (nSPS) is 40.0. The van der Waals surface area contributed by atoms with Gasteiger partial charge < -0.3 is 9.47 Å². The van der Waals surface area contributed by atoms with Crippen LogP contribution in [-0.4, -0.2) is 57.2 Å². The van der Waals surface area contributed by atoms with E-state index >= 15 is 0 Å². The van der Waals surface area contributed by atoms with E-state index in [4.69, 9.17) is 9.47 Å². The summed E-state index contributed by atoms with van der Waals surface area (Å²) in [7, 11) is 3.04. The fraction of sp³-hybridized carbons (Fsp3) is 0.500. The fourth-order valence-corrected chi connectivity index (χ4v) is 13.0. The van der Waals surface area contributed by atoms with Crippen molar-refractivity contribution in [3.05, 3.63) is 36.4 Å². The number of halogens is 4. The molecule has 0 radical (unpaired) electrons. The molecule has 4 aliphatic carbocycles. The quantitative estimate of drug-likeness (QED) is 0.274. The smallest absolute Gasteiger partial charge is 0.238 e. The van der Waals surface area contributed by atoms with E-state index in [1.165, 1.54) is 24.0 Å². The minimum absolute atomic E-state index is 0.123. The van der Waals surface area contributed by atoms with Crippen molar-refractivity contribution in [3.8, 4) is 22.6 Å². The van der Waals surface area contributed by atoms with Crippen molar-refractivity contribution < 1.29 is 28.7 Å². The largest absolute Gasteiger partial charge is 0.495 e. The summed E-state index contributed by atoms with van der Waals surface area (Å²) >= 11 is 15.0. The summed E-state index contributed by atoms with van der Waals surface area (Å²) < 4.78 is 11.4. The van der Waals surface area contributed by atoms with Gasteiger partial charge in [-0.15, -0.1) is 0 Å². The van der Waals surface area contributed by atoms with E-state index in [0.717, 1.165) is 24.0 Å². The Morgan fingerprint density at radius 3 is 1.11 bits per heavy atom. The van der Waals surface area contributed by atoms with Crippen LogP contribution in [0, 0.1) is 47.3 Å². The first-order valence-electron chi connectivity index (χ1n) is 14.8. The average molecular weight is 856 g/mol. The van der Waals surface area contributed by atoms with Crippen LogP contribution in [0.4, 0.5) is 11.4 Å². The maximum absolute atomic E-state index is 13.6. The number of methoxy groups -OCH3 is 2. The van der Waals surface area contributed by atoms with E-state index in [9.17, 15) is 19.2 Å². The first-order valence-corrected chi connectivity index (χ1v) is 18.4. The minimum Gasteiger partial charge on any atom is -0.495 e. The number of hydrogen-bond donors (Lipinski definition) is 0. The predicted molar refractivity (Wildman–Crippen MR) is 178 cm³/mol. The van der Waals surface area contributed by atoms with E-state index in [1.54, 1.807) is 24.3 Å². The van der Waals surface area contributed by atoms with E-state index in [1.807, 2.05) is 12.1 Å². The molecule has 2 aromatic carbocycles. The van der Waals surface area contributed by atoms with Crippen molar-refractivity contribution in [2.45, 2.75) is 32.2 Å². The van der Waals surface area contributed by atoms with Crippen LogP contribution in [0.15, 0.2) is 36.4 Å². The number of hydrogen-bond acceptors (Lipinski definition) is 6. The molecule has 6 fully saturated rings. The molecule has 44 heavy (non-hydrogen) atoms. The van der Waals surface area contributed by atoms with E-state index in [2.05, 4.69) is 63.7 Å². The van der Waals surface area contributed by atoms with Gasteiger partial charge in [0.25, 0.3) is 0 Å². The summed E-state index contributed by atoms with van der Waals surface area (Å²) in [6, 6.07) is 10.8. The average Bonchev–Trinajstić information content (AvgIpc) is 3.84. The third-order valence-corrected chi connectivity index (χ3v) is 17.6. The number of carbonyl (C=O) groups excluding carboxylic acids is 4. The van der Waals surface area contributed by atoms with Gasteiger partial charge in [0.1, 0.15) is 11.5 Å². The second-order valence-corrected chi connectivity index (χ2v) is 17.0. The fourth-order valence-electron chi connectivity index (χ4n) is 9.26. The van der Waals surface area contributed by atoms with Gasteiger partial charge >= 0.3 is 0 Å². The molecule has 4 saturated carbocycles. The Morgan fingerprint density at radius 1 is 0.545 bits per heavy atom. The highest BCUT2D eigenvalue weighted by atomic mass is 79.9. The van der Waals surface area contributed by atoms with Gasteiger partial charge in [-0.1, -0.05) is 75.9 Å². The molecule has 0 spiro atoms. The van der Waals surface area contributed by atoms with Crippen LogP contribution < -0.4 is 19.3 Å². The van der Waals surface area contributed by atoms with Crippen molar-refractivity contribution in [1.82, 2.24) is 0 Å². The number of ether oxygens (including phenoxy) is 2. The molecule has 2 aromatic rings. The molecule has 0 aromatic heterocycles. The van der Waals surface area contributed by atoms with Crippen LogP contribution in [0.1, 0.15) is 12.8 Å². The van der Waals surface area contributed by atoms with Crippen LogP contribution in [0.25, 0.3) is 11.1 Å². The Kier molecular flexibility index (Phi) is 6.98. The van der Waals surface area contributed by atoms with Gasteiger partial charge in [0.15, 0.2) is 0 Å². The zero-order valence-electron chi connectivity index (χ0n) is 23.7. The minimum atomic E-state index is -0.321. The van der Waals surface area contributed by atoms with Gasteiger partial charge in [0, 0.05) is 19.3 Å². The van der Waals surface area contributed by atoms with Crippen LogP contribution >= 0.6 is 63.7 Å². The SMILES string of the molecule is COc1cc(-c2ccc(N3C(=O)[C@@H]4[C@H]5C[C@@H]([C@H](Br)[C@@H]5Br)[C@@H]4C3=O)c(OC)c2)ccc1N1C(=O)[C@@H]2[C@H]3C[C@@H]([C@H](Br)[C@H]3Br)[C@H]2C1=O. The Morgan fingerprint density at radius 2 is 0.841 bits per heavy atom. The number of amides is 4. The van der Waals surface area contributed by atoms with Crippen molar-refractivity contribution in [3.63, 3.8) is 0 Å². The molecule has 2 heterocycles. The summed E-state index contributed by atoms with van der Waals surface area (Å²) in [5.41, 5.74) is 2.42. The molecule has 230 valence electrons. The highest BCUT2D eigenvalue weighted by Crippen LogP contribution is 2.62. The van der Waals surface area contributed by atoms with E-state index in [0.29, 0.717) is 22.9 Å². The van der Waals surface area contributed by atoms with Gasteiger partial charge in [-0.3, -0.25) is 19.2 Å². The van der Waals surface area contributed by atoms with Gasteiger partial charge in [-0.05, 0) is 71.9 Å². The Bertz CT molecular complexity index is 1470. The lowest BCUT2D eigenvalue weighted by Gasteiger charge is -2.28. The monoisotopic (exact) mass is 852 g/mol. The number of carbonyl (C=O) groups is 4. The molecule has 0 unspecified atom stereocenters. The maximum Gasteiger partial charge on any atom is 0.238 e. The Balaban J connectivity index is 1.10. The lowest BCUT2D eigenvalue weighted by Crippen LogP contribution is -2.37. The third-order valence-electron chi connectivity index (χ3n) is 11.1. The number of fused-ring (bicyclic) bond motifs is 10. The second kappa shape index (κ2) is 10.4. The number of imide groups is 2. The number of nitrogens with zero attached hydrogens (tertiary/aromatic N) is 2. The molecule has 4 amide bonds. The Hall–Kier alpha value is -1.76. The summed E-state index contributed by atoms with van der Waals surface area (Å²) in [5, 5.41) is 0. The molecular weight excluding hydrogens is 828 g/mol. The van der Waals surface area contributed by atoms with Gasteiger partial charge in [-0.25, -0.2) is 9.80 Å². The molecule has 2 saturated heterocycles. The molecule has 0 N–H and O–H groups in total. The second-order valence-electron chi connectivity index (χ2n) is 12.8. The molecule has 8 rings (SSSR count). The van der Waals surface area contributed by atoms with Gasteiger partial charge in [0.2, 0.25) is 23.6 Å². The van der Waals surface area contributed by atoms with Crippen molar-refractivity contribution in [1.29, 1.82) is 0 Å². The standard InChI is InChI=1S/C32H28Br4N2O6/c1-43-19-7-11(3-5-17(19)37-29(39)21-13-9-14(22(21)30(37)40)26(34)25(13)33)12-4-6-18(20(8-12)44-2)38-31(41)23-15-10-16(24(23)32(38)42)28(36)27(15)35/h3-8,13-16,21-28H,9-10H2,1-2H3/t13-,14-,15-,16-,21-,22-,23-,24+,25+,26+,27-,28+/m1/s1. The molecule has 2 aliphatic heterocycles. The highest BCUT2D eigenvalue weighted by Gasteiger charge is 2.68. The van der Waals surface area contributed by atoms with Crippen LogP contribution in [0.3, 0.4) is 0 Å². The zero-order valence-corrected chi connectivity index (χ0v) is 30.0. The van der Waals surface area contributed by atoms with Crippen LogP contribution in [0.5, 0.6) is 11.5 Å². The first kappa shape index (κ1) is 29.6. The van der Waals surface area contributed by atoms with Crippen LogP contribution in [0.2, 0.25) is 0 Å². The topological polar surface area (TPSA) is 93.2 Å². The lowest BCUT2D eigenvalue weighted by molar-refractivity contribution is -0.124. The number of anilines is 2. The van der Waals surface area contributed by atoms with Gasteiger partial charge in [-0.2, -0.15) is 0 Å². The predicted octanol–water partition coefficient (Wildman–Crippen LogP) is 5.94. The van der Waals surface area contributed by atoms with Crippen LogP contribution in [-0.2, 0) is 19.2 Å². The number of rotatable bonds is 5.